The third kappa shape index (κ3) is 5.11. The number of nitrogens with one attached hydrogen (secondary N) is 1. The lowest BCUT2D eigenvalue weighted by atomic mass is 10.1. The van der Waals surface area contributed by atoms with Crippen LogP contribution in [-0.2, 0) is 16.1 Å². The van der Waals surface area contributed by atoms with Gasteiger partial charge in [-0.3, -0.25) is 9.69 Å². The molecule has 1 aliphatic heterocycles. The molecule has 1 aliphatic rings. The molecule has 132 valence electrons. The topological polar surface area (TPSA) is 41.6 Å². The van der Waals surface area contributed by atoms with Gasteiger partial charge in [-0.2, -0.15) is 0 Å². The molecule has 25 heavy (non-hydrogen) atoms. The molecule has 2 aromatic rings. The molecule has 2 aromatic carbocycles. The summed E-state index contributed by atoms with van der Waals surface area (Å²) in [5.41, 5.74) is 2.61. The maximum atomic E-state index is 13.3. The van der Waals surface area contributed by atoms with Crippen molar-refractivity contribution in [2.24, 2.45) is 0 Å². The van der Waals surface area contributed by atoms with Gasteiger partial charge < -0.3 is 10.1 Å². The fraction of sp³-hybridized carbons (Fsp3) is 0.350. The number of ether oxygens (including phenoxy) is 1. The van der Waals surface area contributed by atoms with Crippen LogP contribution >= 0.6 is 0 Å². The molecule has 0 bridgehead atoms. The molecule has 3 rings (SSSR count). The minimum Gasteiger partial charge on any atom is -0.375 e. The summed E-state index contributed by atoms with van der Waals surface area (Å²) in [7, 11) is 0. The number of aryl methyl sites for hydroxylation is 1. The average Bonchev–Trinajstić information content (AvgIpc) is 2.59. The van der Waals surface area contributed by atoms with Crippen molar-refractivity contribution >= 4 is 11.6 Å². The minimum absolute atomic E-state index is 0.147. The number of nitrogens with zero attached hydrogens (tertiary/aromatic N) is 1. The molecule has 1 fully saturated rings. The van der Waals surface area contributed by atoms with Crippen molar-refractivity contribution in [3.63, 3.8) is 0 Å². The van der Waals surface area contributed by atoms with Crippen LogP contribution in [0.1, 0.15) is 17.5 Å². The van der Waals surface area contributed by atoms with E-state index in [-0.39, 0.29) is 24.2 Å². The number of rotatable bonds is 5. The van der Waals surface area contributed by atoms with Gasteiger partial charge in [0.25, 0.3) is 0 Å². The van der Waals surface area contributed by atoms with Crippen molar-refractivity contribution in [3.8, 4) is 0 Å². The van der Waals surface area contributed by atoms with Crippen LogP contribution in [0.3, 0.4) is 0 Å². The van der Waals surface area contributed by atoms with Crippen LogP contribution in [0.5, 0.6) is 0 Å². The molecule has 1 N–H and O–H groups in total. The van der Waals surface area contributed by atoms with E-state index in [1.54, 1.807) is 6.07 Å². The maximum Gasteiger partial charge on any atom is 0.227 e. The van der Waals surface area contributed by atoms with E-state index in [1.807, 2.05) is 25.1 Å². The maximum absolute atomic E-state index is 13.3. The first-order chi connectivity index (χ1) is 12.1. The first-order valence-electron chi connectivity index (χ1n) is 8.54. The van der Waals surface area contributed by atoms with Crippen molar-refractivity contribution in [3.05, 3.63) is 65.5 Å². The van der Waals surface area contributed by atoms with Crippen LogP contribution in [0.2, 0.25) is 0 Å². The molecule has 0 aromatic heterocycles. The summed E-state index contributed by atoms with van der Waals surface area (Å²) in [6, 6.07) is 14.7. The summed E-state index contributed by atoms with van der Waals surface area (Å²) in [4.78, 5) is 14.6. The van der Waals surface area contributed by atoms with Gasteiger partial charge in [0.1, 0.15) is 5.82 Å². The van der Waals surface area contributed by atoms with E-state index < -0.39 is 0 Å². The van der Waals surface area contributed by atoms with E-state index in [0.717, 1.165) is 18.7 Å². The van der Waals surface area contributed by atoms with Gasteiger partial charge in [-0.05, 0) is 30.2 Å². The van der Waals surface area contributed by atoms with E-state index in [1.165, 1.54) is 17.7 Å². The summed E-state index contributed by atoms with van der Waals surface area (Å²) in [5.74, 6) is -0.510. The van der Waals surface area contributed by atoms with Crippen LogP contribution in [0.15, 0.2) is 48.5 Å². The molecular formula is C20H23FN2O2. The average molecular weight is 342 g/mol. The van der Waals surface area contributed by atoms with Gasteiger partial charge in [-0.1, -0.05) is 36.4 Å². The first-order valence-corrected chi connectivity index (χ1v) is 8.54. The summed E-state index contributed by atoms with van der Waals surface area (Å²) in [5, 5.41) is 2.79. The molecule has 1 heterocycles. The number of halogens is 1. The van der Waals surface area contributed by atoms with Gasteiger partial charge in [-0.25, -0.2) is 4.39 Å². The number of hydrogen-bond acceptors (Lipinski definition) is 3. The Bertz CT molecular complexity index is 721. The summed E-state index contributed by atoms with van der Waals surface area (Å²) in [6.45, 7) is 4.88. The molecule has 0 aliphatic carbocycles. The zero-order valence-electron chi connectivity index (χ0n) is 14.4. The molecule has 1 atom stereocenters. The van der Waals surface area contributed by atoms with E-state index in [2.05, 4.69) is 22.3 Å². The Kier molecular flexibility index (Phi) is 5.79. The highest BCUT2D eigenvalue weighted by Crippen LogP contribution is 2.18. The van der Waals surface area contributed by atoms with Crippen LogP contribution in [0.25, 0.3) is 0 Å². The number of morpholine rings is 1. The van der Waals surface area contributed by atoms with Crippen LogP contribution in [0.4, 0.5) is 10.1 Å². The van der Waals surface area contributed by atoms with Gasteiger partial charge in [-0.15, -0.1) is 0 Å². The summed E-state index contributed by atoms with van der Waals surface area (Å²) < 4.78 is 19.1. The fourth-order valence-corrected chi connectivity index (χ4v) is 3.03. The molecule has 0 radical (unpaired) electrons. The lowest BCUT2D eigenvalue weighted by Gasteiger charge is -2.32. The van der Waals surface area contributed by atoms with Gasteiger partial charge >= 0.3 is 0 Å². The second-order valence-electron chi connectivity index (χ2n) is 6.43. The predicted molar refractivity (Wildman–Crippen MR) is 95.8 cm³/mol. The number of hydrogen-bond donors (Lipinski definition) is 1. The molecule has 1 saturated heterocycles. The molecule has 0 saturated carbocycles. The smallest absolute Gasteiger partial charge is 0.227 e. The van der Waals surface area contributed by atoms with E-state index in [0.29, 0.717) is 18.8 Å². The summed E-state index contributed by atoms with van der Waals surface area (Å²) in [6.07, 6.45) is 0.118. The van der Waals surface area contributed by atoms with Crippen molar-refractivity contribution in [1.29, 1.82) is 0 Å². The second-order valence-corrected chi connectivity index (χ2v) is 6.43. The number of carbonyl (C=O) groups excluding carboxylic acids is 1. The lowest BCUT2D eigenvalue weighted by Crippen LogP contribution is -2.43. The Labute approximate surface area is 147 Å². The largest absolute Gasteiger partial charge is 0.375 e. The Morgan fingerprint density at radius 3 is 2.88 bits per heavy atom. The number of amides is 1. The molecule has 0 unspecified atom stereocenters. The van der Waals surface area contributed by atoms with E-state index in [4.69, 9.17) is 4.74 Å². The lowest BCUT2D eigenvalue weighted by molar-refractivity contribution is -0.121. The Balaban J connectivity index is 1.53. The van der Waals surface area contributed by atoms with Gasteiger partial charge in [0.15, 0.2) is 0 Å². The quantitative estimate of drug-likeness (QED) is 0.906. The highest BCUT2D eigenvalue weighted by atomic mass is 19.1. The third-order valence-electron chi connectivity index (χ3n) is 4.36. The van der Waals surface area contributed by atoms with Crippen molar-refractivity contribution in [2.75, 3.05) is 25.0 Å². The first kappa shape index (κ1) is 17.6. The monoisotopic (exact) mass is 342 g/mol. The zero-order valence-corrected chi connectivity index (χ0v) is 14.4. The number of anilines is 1. The van der Waals surface area contributed by atoms with Crippen LogP contribution in [-0.4, -0.2) is 36.6 Å². The van der Waals surface area contributed by atoms with Gasteiger partial charge in [0, 0.05) is 25.3 Å². The Morgan fingerprint density at radius 1 is 1.28 bits per heavy atom. The number of benzene rings is 2. The standard InChI is InChI=1S/C20H23FN2O2/c1-15-7-8-17(21)11-19(15)22-20(24)12-18-14-23(9-10-25-18)13-16-5-3-2-4-6-16/h2-8,11,18H,9-10,12-14H2,1H3,(H,22,24)/t18-/m1/s1. The van der Waals surface area contributed by atoms with Gasteiger partial charge in [0.05, 0.1) is 19.1 Å². The molecule has 0 spiro atoms. The highest BCUT2D eigenvalue weighted by Gasteiger charge is 2.23. The molecule has 5 heteroatoms. The SMILES string of the molecule is Cc1ccc(F)cc1NC(=O)C[C@@H]1CN(Cc2ccccc2)CCO1. The molecular weight excluding hydrogens is 319 g/mol. The van der Waals surface area contributed by atoms with E-state index in [9.17, 15) is 9.18 Å². The Morgan fingerprint density at radius 2 is 2.08 bits per heavy atom. The predicted octanol–water partition coefficient (Wildman–Crippen LogP) is 3.36. The van der Waals surface area contributed by atoms with Crippen molar-refractivity contribution < 1.29 is 13.9 Å². The van der Waals surface area contributed by atoms with Crippen molar-refractivity contribution in [2.45, 2.75) is 26.0 Å². The third-order valence-corrected chi connectivity index (χ3v) is 4.36. The minimum atomic E-state index is -0.358. The summed E-state index contributed by atoms with van der Waals surface area (Å²) >= 11 is 0. The zero-order chi connectivity index (χ0) is 17.6. The van der Waals surface area contributed by atoms with Gasteiger partial charge in [0.2, 0.25) is 5.91 Å². The normalized spacial score (nSPS) is 18.1. The van der Waals surface area contributed by atoms with E-state index >= 15 is 0 Å². The second kappa shape index (κ2) is 8.23. The van der Waals surface area contributed by atoms with Crippen molar-refractivity contribution in [1.82, 2.24) is 4.90 Å². The van der Waals surface area contributed by atoms with Crippen LogP contribution in [0, 0.1) is 12.7 Å². The highest BCUT2D eigenvalue weighted by molar-refractivity contribution is 5.91. The fourth-order valence-electron chi connectivity index (χ4n) is 3.03. The molecule has 4 nitrogen and oxygen atoms in total. The number of carbonyl (C=O) groups is 1. The van der Waals surface area contributed by atoms with Crippen LogP contribution < -0.4 is 5.32 Å². The Hall–Kier alpha value is -2.24. The molecule has 1 amide bonds.